The van der Waals surface area contributed by atoms with E-state index in [1.54, 1.807) is 0 Å². The summed E-state index contributed by atoms with van der Waals surface area (Å²) in [5, 5.41) is 8.11. The molecule has 0 atom stereocenters. The number of hydrogen-bond acceptors (Lipinski definition) is 3. The van der Waals surface area contributed by atoms with Gasteiger partial charge in [-0.3, -0.25) is 9.58 Å². The van der Waals surface area contributed by atoms with Crippen molar-refractivity contribution < 1.29 is 0 Å². The average Bonchev–Trinajstić information content (AvgIpc) is 2.58. The highest BCUT2D eigenvalue weighted by molar-refractivity contribution is 9.10. The van der Waals surface area contributed by atoms with Gasteiger partial charge >= 0.3 is 0 Å². The van der Waals surface area contributed by atoms with Crippen LogP contribution in [0, 0.1) is 0 Å². The lowest BCUT2D eigenvalue weighted by molar-refractivity contribution is 0.274. The van der Waals surface area contributed by atoms with Gasteiger partial charge < -0.3 is 5.32 Å². The summed E-state index contributed by atoms with van der Waals surface area (Å²) in [6, 6.07) is 0. The molecular weight excluding hydrogens is 292 g/mol. The maximum Gasteiger partial charge on any atom is 0.0767 e. The van der Waals surface area contributed by atoms with E-state index in [0.717, 1.165) is 39.1 Å². The Bertz CT molecular complexity index is 381. The fourth-order valence-electron chi connectivity index (χ4n) is 2.44. The molecule has 18 heavy (non-hydrogen) atoms. The summed E-state index contributed by atoms with van der Waals surface area (Å²) < 4.78 is 3.35. The molecule has 0 radical (unpaired) electrons. The van der Waals surface area contributed by atoms with Crippen molar-refractivity contribution in [2.75, 3.05) is 26.2 Å². The van der Waals surface area contributed by atoms with Gasteiger partial charge in [0.2, 0.25) is 0 Å². The Balaban J connectivity index is 2.13. The van der Waals surface area contributed by atoms with Gasteiger partial charge in [0.25, 0.3) is 0 Å². The quantitative estimate of drug-likeness (QED) is 0.923. The molecule has 0 amide bonds. The van der Waals surface area contributed by atoms with E-state index in [2.05, 4.69) is 49.8 Å². The lowest BCUT2D eigenvalue weighted by Crippen LogP contribution is -2.28. The second-order valence-electron chi connectivity index (χ2n) is 4.76. The van der Waals surface area contributed by atoms with E-state index < -0.39 is 0 Å². The Morgan fingerprint density at radius 2 is 2.11 bits per heavy atom. The minimum absolute atomic E-state index is 0.944. The molecule has 5 heteroatoms. The van der Waals surface area contributed by atoms with Crippen LogP contribution >= 0.6 is 15.9 Å². The summed E-state index contributed by atoms with van der Waals surface area (Å²) in [5.41, 5.74) is 2.51. The third-order valence-electron chi connectivity index (χ3n) is 3.50. The van der Waals surface area contributed by atoms with Crippen LogP contribution < -0.4 is 5.32 Å². The summed E-state index contributed by atoms with van der Waals surface area (Å²) in [5.74, 6) is 0. The third-order valence-corrected chi connectivity index (χ3v) is 4.42. The number of aryl methyl sites for hydroxylation is 2. The first-order chi connectivity index (χ1) is 8.76. The lowest BCUT2D eigenvalue weighted by Gasteiger charge is -2.20. The highest BCUT2D eigenvalue weighted by Gasteiger charge is 2.17. The molecule has 0 bridgehead atoms. The average molecular weight is 315 g/mol. The Kier molecular flexibility index (Phi) is 5.21. The highest BCUT2D eigenvalue weighted by Crippen LogP contribution is 2.23. The van der Waals surface area contributed by atoms with Crippen molar-refractivity contribution in [2.45, 2.75) is 39.8 Å². The van der Waals surface area contributed by atoms with E-state index in [-0.39, 0.29) is 0 Å². The summed E-state index contributed by atoms with van der Waals surface area (Å²) >= 11 is 3.72. The molecule has 0 aromatic carbocycles. The zero-order valence-corrected chi connectivity index (χ0v) is 13.0. The number of halogens is 1. The molecule has 102 valence electrons. The molecule has 1 fully saturated rings. The fraction of sp³-hybridized carbons (Fsp3) is 0.769. The third kappa shape index (κ3) is 3.13. The molecule has 0 spiro atoms. The lowest BCUT2D eigenvalue weighted by atomic mass is 10.3. The molecular formula is C13H23BrN4. The van der Waals surface area contributed by atoms with Gasteiger partial charge in [-0.1, -0.05) is 6.92 Å². The van der Waals surface area contributed by atoms with Gasteiger partial charge in [-0.2, -0.15) is 5.10 Å². The number of nitrogens with zero attached hydrogens (tertiary/aromatic N) is 3. The van der Waals surface area contributed by atoms with E-state index in [1.165, 1.54) is 28.8 Å². The second kappa shape index (κ2) is 6.68. The van der Waals surface area contributed by atoms with Crippen LogP contribution in [0.1, 0.15) is 31.7 Å². The van der Waals surface area contributed by atoms with Crippen molar-refractivity contribution in [3.05, 3.63) is 15.9 Å². The van der Waals surface area contributed by atoms with E-state index in [1.807, 2.05) is 0 Å². The maximum absolute atomic E-state index is 4.66. The van der Waals surface area contributed by atoms with E-state index in [9.17, 15) is 0 Å². The van der Waals surface area contributed by atoms with Gasteiger partial charge in [0.15, 0.2) is 0 Å². The SMILES string of the molecule is CCc1nn(CC)c(CN2CCCNCC2)c1Br. The molecule has 4 nitrogen and oxygen atoms in total. The Morgan fingerprint density at radius 1 is 1.28 bits per heavy atom. The van der Waals surface area contributed by atoms with Crippen molar-refractivity contribution in [1.82, 2.24) is 20.0 Å². The fourth-order valence-corrected chi connectivity index (χ4v) is 3.13. The Labute approximate surface area is 118 Å². The number of rotatable bonds is 4. The summed E-state index contributed by atoms with van der Waals surface area (Å²) in [6.45, 7) is 10.8. The van der Waals surface area contributed by atoms with Crippen molar-refractivity contribution >= 4 is 15.9 Å². The van der Waals surface area contributed by atoms with Crippen LogP contribution in [0.25, 0.3) is 0 Å². The standard InChI is InChI=1S/C13H23BrN4/c1-3-11-13(14)12(18(4-2)16-11)10-17-8-5-6-15-7-9-17/h15H,3-10H2,1-2H3. The van der Waals surface area contributed by atoms with Crippen LogP contribution in [0.3, 0.4) is 0 Å². The van der Waals surface area contributed by atoms with Gasteiger partial charge in [0, 0.05) is 26.2 Å². The van der Waals surface area contributed by atoms with Crippen molar-refractivity contribution in [1.29, 1.82) is 0 Å². The normalized spacial score (nSPS) is 17.9. The minimum atomic E-state index is 0.944. The molecule has 1 aromatic heterocycles. The molecule has 2 heterocycles. The van der Waals surface area contributed by atoms with E-state index >= 15 is 0 Å². The Morgan fingerprint density at radius 3 is 2.83 bits per heavy atom. The maximum atomic E-state index is 4.66. The van der Waals surface area contributed by atoms with Gasteiger partial charge in [-0.25, -0.2) is 0 Å². The number of aromatic nitrogens is 2. The molecule has 1 aliphatic heterocycles. The van der Waals surface area contributed by atoms with Gasteiger partial charge in [-0.05, 0) is 48.8 Å². The van der Waals surface area contributed by atoms with Gasteiger partial charge in [0.1, 0.15) is 0 Å². The summed E-state index contributed by atoms with van der Waals surface area (Å²) in [6.07, 6.45) is 2.22. The largest absolute Gasteiger partial charge is 0.315 e. The molecule has 0 saturated carbocycles. The zero-order chi connectivity index (χ0) is 13.0. The first kappa shape index (κ1) is 14.0. The second-order valence-corrected chi connectivity index (χ2v) is 5.55. The van der Waals surface area contributed by atoms with Gasteiger partial charge in [0.05, 0.1) is 15.9 Å². The predicted molar refractivity (Wildman–Crippen MR) is 77.7 cm³/mol. The van der Waals surface area contributed by atoms with Crippen LogP contribution in [-0.2, 0) is 19.5 Å². The molecule has 1 aromatic rings. The van der Waals surface area contributed by atoms with Crippen molar-refractivity contribution in [3.63, 3.8) is 0 Å². The van der Waals surface area contributed by atoms with Crippen molar-refractivity contribution in [2.24, 2.45) is 0 Å². The number of nitrogens with one attached hydrogen (secondary N) is 1. The zero-order valence-electron chi connectivity index (χ0n) is 11.4. The van der Waals surface area contributed by atoms with Gasteiger partial charge in [-0.15, -0.1) is 0 Å². The Hall–Kier alpha value is -0.390. The van der Waals surface area contributed by atoms with Crippen LogP contribution in [0.4, 0.5) is 0 Å². The molecule has 1 aliphatic rings. The monoisotopic (exact) mass is 314 g/mol. The molecule has 0 aliphatic carbocycles. The minimum Gasteiger partial charge on any atom is -0.315 e. The molecule has 1 saturated heterocycles. The van der Waals surface area contributed by atoms with E-state index in [0.29, 0.717) is 0 Å². The summed E-state index contributed by atoms with van der Waals surface area (Å²) in [7, 11) is 0. The topological polar surface area (TPSA) is 33.1 Å². The molecule has 2 rings (SSSR count). The van der Waals surface area contributed by atoms with Crippen LogP contribution in [0.15, 0.2) is 4.47 Å². The smallest absolute Gasteiger partial charge is 0.0767 e. The predicted octanol–water partition coefficient (Wildman–Crippen LogP) is 2.02. The van der Waals surface area contributed by atoms with Crippen LogP contribution in [0.2, 0.25) is 0 Å². The highest BCUT2D eigenvalue weighted by atomic mass is 79.9. The first-order valence-electron chi connectivity index (χ1n) is 6.93. The summed E-state index contributed by atoms with van der Waals surface area (Å²) in [4.78, 5) is 2.52. The molecule has 1 N–H and O–H groups in total. The molecule has 0 unspecified atom stereocenters. The van der Waals surface area contributed by atoms with E-state index in [4.69, 9.17) is 0 Å². The first-order valence-corrected chi connectivity index (χ1v) is 7.72. The van der Waals surface area contributed by atoms with Crippen LogP contribution in [0.5, 0.6) is 0 Å². The number of hydrogen-bond donors (Lipinski definition) is 1. The van der Waals surface area contributed by atoms with Crippen LogP contribution in [-0.4, -0.2) is 40.9 Å². The van der Waals surface area contributed by atoms with Crippen molar-refractivity contribution in [3.8, 4) is 0 Å².